The van der Waals surface area contributed by atoms with Crippen LogP contribution in [-0.4, -0.2) is 11.1 Å². The van der Waals surface area contributed by atoms with Gasteiger partial charge in [-0.2, -0.15) is 0 Å². The van der Waals surface area contributed by atoms with E-state index in [-0.39, 0.29) is 0 Å². The number of carbonyl (C=O) groups is 1. The number of aliphatic carboxylic acids is 1. The van der Waals surface area contributed by atoms with Gasteiger partial charge in [0, 0.05) is 6.08 Å². The van der Waals surface area contributed by atoms with Gasteiger partial charge in [-0.05, 0) is 47.9 Å². The number of rotatable bonds is 3. The largest absolute Gasteiger partial charge is 0.478 e. The molecule has 1 N–H and O–H groups in total. The van der Waals surface area contributed by atoms with Crippen molar-refractivity contribution < 1.29 is 9.90 Å². The Morgan fingerprint density at radius 3 is 2.81 bits per heavy atom. The van der Waals surface area contributed by atoms with Crippen LogP contribution in [0.25, 0.3) is 10.8 Å². The van der Waals surface area contributed by atoms with Crippen LogP contribution < -0.4 is 0 Å². The maximum Gasteiger partial charge on any atom is 0.328 e. The molecule has 21 heavy (non-hydrogen) atoms. The Morgan fingerprint density at radius 1 is 1.14 bits per heavy atom. The second kappa shape index (κ2) is 6.13. The fourth-order valence-electron chi connectivity index (χ4n) is 3.43. The van der Waals surface area contributed by atoms with Gasteiger partial charge in [-0.3, -0.25) is 0 Å². The molecular formula is C19H20O2. The van der Waals surface area contributed by atoms with E-state index in [1.165, 1.54) is 28.8 Å². The summed E-state index contributed by atoms with van der Waals surface area (Å²) in [7, 11) is 0. The lowest BCUT2D eigenvalue weighted by Gasteiger charge is -2.25. The lowest BCUT2D eigenvalue weighted by molar-refractivity contribution is -0.131. The molecule has 1 fully saturated rings. The van der Waals surface area contributed by atoms with Gasteiger partial charge >= 0.3 is 5.97 Å². The molecule has 1 aliphatic carbocycles. The zero-order valence-electron chi connectivity index (χ0n) is 12.1. The SMILES string of the molecule is O=C(O)/C=C1\CCCCC1Cc1cccc2ccccc12. The van der Waals surface area contributed by atoms with Gasteiger partial charge in [0.15, 0.2) is 0 Å². The Kier molecular flexibility index (Phi) is 4.05. The summed E-state index contributed by atoms with van der Waals surface area (Å²) >= 11 is 0. The van der Waals surface area contributed by atoms with E-state index < -0.39 is 5.97 Å². The van der Waals surface area contributed by atoms with Gasteiger partial charge < -0.3 is 5.11 Å². The molecule has 0 amide bonds. The highest BCUT2D eigenvalue weighted by atomic mass is 16.4. The van der Waals surface area contributed by atoms with Crippen LogP contribution in [0.2, 0.25) is 0 Å². The zero-order valence-corrected chi connectivity index (χ0v) is 12.1. The number of allylic oxidation sites excluding steroid dienone is 1. The average Bonchev–Trinajstić information content (AvgIpc) is 2.49. The number of hydrogen-bond acceptors (Lipinski definition) is 1. The first-order valence-electron chi connectivity index (χ1n) is 7.64. The molecule has 3 rings (SSSR count). The highest BCUT2D eigenvalue weighted by molar-refractivity contribution is 5.85. The maximum atomic E-state index is 11.0. The first-order valence-corrected chi connectivity index (χ1v) is 7.64. The minimum atomic E-state index is -0.810. The third kappa shape index (κ3) is 3.15. The summed E-state index contributed by atoms with van der Waals surface area (Å²) in [4.78, 5) is 11.0. The van der Waals surface area contributed by atoms with E-state index >= 15 is 0 Å². The molecule has 1 aliphatic rings. The van der Waals surface area contributed by atoms with Gasteiger partial charge in [0.25, 0.3) is 0 Å². The molecule has 0 heterocycles. The van der Waals surface area contributed by atoms with Crippen molar-refractivity contribution >= 4 is 16.7 Å². The third-order valence-corrected chi connectivity index (χ3v) is 4.45. The highest BCUT2D eigenvalue weighted by Gasteiger charge is 2.20. The molecule has 2 heteroatoms. The average molecular weight is 280 g/mol. The maximum absolute atomic E-state index is 11.0. The van der Waals surface area contributed by atoms with Crippen LogP contribution in [0.4, 0.5) is 0 Å². The highest BCUT2D eigenvalue weighted by Crippen LogP contribution is 2.33. The van der Waals surface area contributed by atoms with Crippen LogP contribution >= 0.6 is 0 Å². The standard InChI is InChI=1S/C19H20O2/c20-19(21)13-16-8-2-1-7-15(16)12-17-10-5-9-14-6-3-4-11-18(14)17/h3-6,9-11,13,15H,1-2,7-8,12H2,(H,20,21)/b16-13+. The van der Waals surface area contributed by atoms with E-state index in [1.807, 2.05) is 0 Å². The fraction of sp³-hybridized carbons (Fsp3) is 0.316. The third-order valence-electron chi connectivity index (χ3n) is 4.45. The van der Waals surface area contributed by atoms with Crippen molar-refractivity contribution in [1.29, 1.82) is 0 Å². The van der Waals surface area contributed by atoms with E-state index in [1.54, 1.807) is 0 Å². The van der Waals surface area contributed by atoms with Gasteiger partial charge in [0.2, 0.25) is 0 Å². The normalized spacial score (nSPS) is 20.8. The van der Waals surface area contributed by atoms with Crippen molar-refractivity contribution in [3.8, 4) is 0 Å². The topological polar surface area (TPSA) is 37.3 Å². The summed E-state index contributed by atoms with van der Waals surface area (Å²) < 4.78 is 0. The second-order valence-corrected chi connectivity index (χ2v) is 5.84. The minimum absolute atomic E-state index is 0.376. The summed E-state index contributed by atoms with van der Waals surface area (Å²) in [6.07, 6.45) is 6.73. The van der Waals surface area contributed by atoms with Crippen molar-refractivity contribution in [2.24, 2.45) is 5.92 Å². The van der Waals surface area contributed by atoms with Gasteiger partial charge in [-0.15, -0.1) is 0 Å². The van der Waals surface area contributed by atoms with Crippen molar-refractivity contribution in [3.05, 3.63) is 59.7 Å². The van der Waals surface area contributed by atoms with Crippen LogP contribution in [0.5, 0.6) is 0 Å². The van der Waals surface area contributed by atoms with Gasteiger partial charge in [-0.1, -0.05) is 54.5 Å². The summed E-state index contributed by atoms with van der Waals surface area (Å²) in [5.41, 5.74) is 2.44. The molecule has 0 radical (unpaired) electrons. The van der Waals surface area contributed by atoms with Crippen molar-refractivity contribution in [2.45, 2.75) is 32.1 Å². The number of carboxylic acid groups (broad SMARTS) is 1. The van der Waals surface area contributed by atoms with Crippen LogP contribution in [-0.2, 0) is 11.2 Å². The molecule has 2 aromatic rings. The molecular weight excluding hydrogens is 260 g/mol. The van der Waals surface area contributed by atoms with Gasteiger partial charge in [0.1, 0.15) is 0 Å². The molecule has 0 saturated heterocycles. The summed E-state index contributed by atoms with van der Waals surface area (Å²) in [5.74, 6) is -0.435. The quantitative estimate of drug-likeness (QED) is 0.835. The number of hydrogen-bond donors (Lipinski definition) is 1. The van der Waals surface area contributed by atoms with E-state index in [2.05, 4.69) is 42.5 Å². The number of benzene rings is 2. The predicted molar refractivity (Wildman–Crippen MR) is 85.3 cm³/mol. The molecule has 0 bridgehead atoms. The molecule has 1 atom stereocenters. The molecule has 1 unspecified atom stereocenters. The van der Waals surface area contributed by atoms with E-state index in [0.717, 1.165) is 31.3 Å². The summed E-state index contributed by atoms with van der Waals surface area (Å²) in [5, 5.41) is 11.6. The van der Waals surface area contributed by atoms with Crippen molar-refractivity contribution in [1.82, 2.24) is 0 Å². The molecule has 2 aromatic carbocycles. The number of fused-ring (bicyclic) bond motifs is 1. The Morgan fingerprint density at radius 2 is 1.95 bits per heavy atom. The Hall–Kier alpha value is -2.09. The smallest absolute Gasteiger partial charge is 0.328 e. The van der Waals surface area contributed by atoms with Crippen molar-refractivity contribution in [2.75, 3.05) is 0 Å². The van der Waals surface area contributed by atoms with Crippen molar-refractivity contribution in [3.63, 3.8) is 0 Å². The lowest BCUT2D eigenvalue weighted by atomic mass is 9.79. The Bertz CT molecular complexity index is 680. The van der Waals surface area contributed by atoms with Gasteiger partial charge in [0.05, 0.1) is 0 Å². The molecule has 108 valence electrons. The second-order valence-electron chi connectivity index (χ2n) is 5.84. The summed E-state index contributed by atoms with van der Waals surface area (Å²) in [6.45, 7) is 0. The number of carboxylic acids is 1. The van der Waals surface area contributed by atoms with Crippen LogP contribution in [0.1, 0.15) is 31.2 Å². The summed E-state index contributed by atoms with van der Waals surface area (Å²) in [6, 6.07) is 14.8. The molecule has 0 spiro atoms. The van der Waals surface area contributed by atoms with Gasteiger partial charge in [-0.25, -0.2) is 4.79 Å². The molecule has 0 aromatic heterocycles. The van der Waals surface area contributed by atoms with Crippen LogP contribution in [0.15, 0.2) is 54.1 Å². The minimum Gasteiger partial charge on any atom is -0.478 e. The molecule has 0 aliphatic heterocycles. The monoisotopic (exact) mass is 280 g/mol. The van der Waals surface area contributed by atoms with E-state index in [9.17, 15) is 4.79 Å². The first kappa shape index (κ1) is 13.9. The van der Waals surface area contributed by atoms with Crippen LogP contribution in [0.3, 0.4) is 0 Å². The zero-order chi connectivity index (χ0) is 14.7. The van der Waals surface area contributed by atoms with E-state index in [4.69, 9.17) is 5.11 Å². The lowest BCUT2D eigenvalue weighted by Crippen LogP contribution is -2.14. The first-order chi connectivity index (χ1) is 10.2. The predicted octanol–water partition coefficient (Wildman–Crippen LogP) is 4.58. The molecule has 1 saturated carbocycles. The molecule has 2 nitrogen and oxygen atoms in total. The van der Waals surface area contributed by atoms with Crippen LogP contribution in [0, 0.1) is 5.92 Å². The van der Waals surface area contributed by atoms with E-state index in [0.29, 0.717) is 5.92 Å². The fourth-order valence-corrected chi connectivity index (χ4v) is 3.43. The Balaban J connectivity index is 1.91. The Labute approximate surface area is 125 Å².